The number of carbonyl (C=O) groups excluding carboxylic acids is 1. The molecule has 1 unspecified atom stereocenters. The van der Waals surface area contributed by atoms with E-state index in [9.17, 15) is 18.0 Å². The molecule has 0 radical (unpaired) electrons. The predicted octanol–water partition coefficient (Wildman–Crippen LogP) is 3.31. The van der Waals surface area contributed by atoms with Crippen molar-refractivity contribution in [1.82, 2.24) is 0 Å². The van der Waals surface area contributed by atoms with Gasteiger partial charge in [-0.2, -0.15) is 0 Å². The Kier molecular flexibility index (Phi) is 4.39. The van der Waals surface area contributed by atoms with E-state index < -0.39 is 22.8 Å². The Morgan fingerprint density at radius 2 is 2.00 bits per heavy atom. The van der Waals surface area contributed by atoms with Crippen LogP contribution in [-0.2, 0) is 4.79 Å². The number of amides is 1. The average Bonchev–Trinajstić information content (AvgIpc) is 2.18. The topological polar surface area (TPSA) is 38.3 Å². The number of halogens is 4. The third-order valence-electron chi connectivity index (χ3n) is 1.73. The first-order chi connectivity index (χ1) is 7.79. The molecule has 0 aliphatic rings. The first-order valence-corrected chi connectivity index (χ1v) is 5.51. The minimum atomic E-state index is -4.79. The number of ether oxygens (including phenoxy) is 1. The van der Waals surface area contributed by atoms with Crippen molar-refractivity contribution in [2.45, 2.75) is 18.1 Å². The highest BCUT2D eigenvalue weighted by atomic mass is 79.9. The van der Waals surface area contributed by atoms with Gasteiger partial charge in [-0.1, -0.05) is 28.1 Å². The summed E-state index contributed by atoms with van der Waals surface area (Å²) in [7, 11) is 0. The molecule has 0 aromatic heterocycles. The largest absolute Gasteiger partial charge is 0.573 e. The van der Waals surface area contributed by atoms with Gasteiger partial charge < -0.3 is 10.1 Å². The third kappa shape index (κ3) is 4.64. The smallest absolute Gasteiger partial charge is 0.404 e. The fraction of sp³-hybridized carbons (Fsp3) is 0.300. The molecule has 3 nitrogen and oxygen atoms in total. The zero-order valence-electron chi connectivity index (χ0n) is 8.72. The normalized spacial score (nSPS) is 13.0. The third-order valence-corrected chi connectivity index (χ3v) is 2.15. The monoisotopic (exact) mass is 311 g/mol. The van der Waals surface area contributed by atoms with E-state index >= 15 is 0 Å². The van der Waals surface area contributed by atoms with Crippen LogP contribution in [0.15, 0.2) is 24.3 Å². The van der Waals surface area contributed by atoms with Crippen molar-refractivity contribution in [1.29, 1.82) is 0 Å². The van der Waals surface area contributed by atoms with Gasteiger partial charge >= 0.3 is 6.36 Å². The molecule has 0 saturated carbocycles. The summed E-state index contributed by atoms with van der Waals surface area (Å²) >= 11 is 3.01. The fourth-order valence-electron chi connectivity index (χ4n) is 1.02. The van der Waals surface area contributed by atoms with Gasteiger partial charge in [-0.15, -0.1) is 13.2 Å². The van der Waals surface area contributed by atoms with Crippen molar-refractivity contribution in [3.05, 3.63) is 24.3 Å². The highest BCUT2D eigenvalue weighted by Crippen LogP contribution is 2.30. The van der Waals surface area contributed by atoms with Gasteiger partial charge in [0.1, 0.15) is 0 Å². The van der Waals surface area contributed by atoms with Gasteiger partial charge in [0, 0.05) is 0 Å². The van der Waals surface area contributed by atoms with E-state index in [4.69, 9.17) is 0 Å². The summed E-state index contributed by atoms with van der Waals surface area (Å²) in [4.78, 5) is 10.8. The molecule has 1 amide bonds. The van der Waals surface area contributed by atoms with E-state index in [0.717, 1.165) is 6.07 Å². The summed E-state index contributed by atoms with van der Waals surface area (Å²) in [6.45, 7) is 1.56. The minimum Gasteiger partial charge on any atom is -0.404 e. The minimum absolute atomic E-state index is 0.0267. The summed E-state index contributed by atoms with van der Waals surface area (Å²) in [6.07, 6.45) is -4.79. The van der Waals surface area contributed by atoms with Crippen LogP contribution in [-0.4, -0.2) is 17.1 Å². The number of benzene rings is 1. The molecule has 0 saturated heterocycles. The predicted molar refractivity (Wildman–Crippen MR) is 60.1 cm³/mol. The molecule has 1 rings (SSSR count). The molecule has 7 heteroatoms. The summed E-state index contributed by atoms with van der Waals surface area (Å²) in [5, 5.41) is 2.32. The highest BCUT2D eigenvalue weighted by molar-refractivity contribution is 9.10. The standard InChI is InChI=1S/C10H9BrF3NO2/c1-6(11)9(16)15-7-4-2-3-5-8(7)17-10(12,13)14/h2-6H,1H3,(H,15,16). The lowest BCUT2D eigenvalue weighted by Gasteiger charge is -2.14. The number of hydrogen-bond acceptors (Lipinski definition) is 2. The van der Waals surface area contributed by atoms with Gasteiger partial charge in [0.15, 0.2) is 5.75 Å². The van der Waals surface area contributed by atoms with Crippen LogP contribution in [0, 0.1) is 0 Å². The SMILES string of the molecule is CC(Br)C(=O)Nc1ccccc1OC(F)(F)F. The Bertz CT molecular complexity index is 407. The Morgan fingerprint density at radius 1 is 1.41 bits per heavy atom. The molecule has 1 aromatic rings. The number of alkyl halides is 4. The second-order valence-electron chi connectivity index (χ2n) is 3.15. The van der Waals surface area contributed by atoms with Crippen molar-refractivity contribution < 1.29 is 22.7 Å². The Labute approximate surface area is 104 Å². The molecule has 1 atom stereocenters. The maximum absolute atomic E-state index is 12.1. The summed E-state index contributed by atoms with van der Waals surface area (Å²) in [6, 6.07) is 5.34. The first-order valence-electron chi connectivity index (χ1n) is 4.59. The van der Waals surface area contributed by atoms with Gasteiger partial charge in [0.25, 0.3) is 0 Å². The molecular formula is C10H9BrF3NO2. The van der Waals surface area contributed by atoms with Crippen LogP contribution in [0.4, 0.5) is 18.9 Å². The second-order valence-corrected chi connectivity index (χ2v) is 4.52. The molecule has 0 heterocycles. The van der Waals surface area contributed by atoms with Crippen LogP contribution >= 0.6 is 15.9 Å². The molecule has 17 heavy (non-hydrogen) atoms. The molecule has 0 aliphatic carbocycles. The van der Waals surface area contributed by atoms with Crippen LogP contribution in [0.1, 0.15) is 6.92 Å². The average molecular weight is 312 g/mol. The van der Waals surface area contributed by atoms with Crippen molar-refractivity contribution in [3.63, 3.8) is 0 Å². The molecule has 94 valence electrons. The number of anilines is 1. The molecule has 0 bridgehead atoms. The van der Waals surface area contributed by atoms with Crippen LogP contribution in [0.2, 0.25) is 0 Å². The molecule has 0 fully saturated rings. The summed E-state index contributed by atoms with van der Waals surface area (Å²) < 4.78 is 40.0. The molecule has 1 N–H and O–H groups in total. The van der Waals surface area contributed by atoms with Gasteiger partial charge in [-0.25, -0.2) is 0 Å². The summed E-state index contributed by atoms with van der Waals surface area (Å²) in [5.74, 6) is -0.898. The van der Waals surface area contributed by atoms with E-state index in [-0.39, 0.29) is 5.69 Å². The van der Waals surface area contributed by atoms with E-state index in [1.807, 2.05) is 0 Å². The lowest BCUT2D eigenvalue weighted by atomic mass is 10.3. The lowest BCUT2D eigenvalue weighted by Crippen LogP contribution is -2.22. The molecular weight excluding hydrogens is 303 g/mol. The van der Waals surface area contributed by atoms with Gasteiger partial charge in [0.2, 0.25) is 5.91 Å². The molecule has 0 spiro atoms. The quantitative estimate of drug-likeness (QED) is 0.870. The maximum atomic E-state index is 12.1. The van der Waals surface area contributed by atoms with Crippen molar-refractivity contribution in [3.8, 4) is 5.75 Å². The zero-order valence-corrected chi connectivity index (χ0v) is 10.3. The number of carbonyl (C=O) groups is 1. The van der Waals surface area contributed by atoms with Crippen molar-refractivity contribution in [2.75, 3.05) is 5.32 Å². The lowest BCUT2D eigenvalue weighted by molar-refractivity contribution is -0.274. The highest BCUT2D eigenvalue weighted by Gasteiger charge is 2.32. The van der Waals surface area contributed by atoms with E-state index in [1.165, 1.54) is 18.2 Å². The van der Waals surface area contributed by atoms with Crippen LogP contribution in [0.25, 0.3) is 0 Å². The van der Waals surface area contributed by atoms with Crippen molar-refractivity contribution >= 4 is 27.5 Å². The van der Waals surface area contributed by atoms with Crippen LogP contribution < -0.4 is 10.1 Å². The summed E-state index contributed by atoms with van der Waals surface area (Å²) in [5.41, 5.74) is -0.0267. The van der Waals surface area contributed by atoms with Gasteiger partial charge in [-0.05, 0) is 19.1 Å². The second kappa shape index (κ2) is 5.39. The Balaban J connectivity index is 2.89. The number of nitrogens with one attached hydrogen (secondary N) is 1. The number of para-hydroxylation sites is 2. The van der Waals surface area contributed by atoms with Crippen LogP contribution in [0.3, 0.4) is 0 Å². The molecule has 1 aromatic carbocycles. The molecule has 0 aliphatic heterocycles. The first kappa shape index (κ1) is 13.8. The zero-order chi connectivity index (χ0) is 13.1. The van der Waals surface area contributed by atoms with E-state index in [0.29, 0.717) is 0 Å². The van der Waals surface area contributed by atoms with Gasteiger partial charge in [0.05, 0.1) is 10.5 Å². The Hall–Kier alpha value is -1.24. The fourth-order valence-corrected chi connectivity index (χ4v) is 1.13. The van der Waals surface area contributed by atoms with Crippen molar-refractivity contribution in [2.24, 2.45) is 0 Å². The number of rotatable bonds is 3. The Morgan fingerprint density at radius 3 is 2.53 bits per heavy atom. The maximum Gasteiger partial charge on any atom is 0.573 e. The van der Waals surface area contributed by atoms with Gasteiger partial charge in [-0.3, -0.25) is 4.79 Å². The van der Waals surface area contributed by atoms with E-state index in [2.05, 4.69) is 26.0 Å². The van der Waals surface area contributed by atoms with Crippen LogP contribution in [0.5, 0.6) is 5.75 Å². The van der Waals surface area contributed by atoms with E-state index in [1.54, 1.807) is 6.92 Å². The number of hydrogen-bond donors (Lipinski definition) is 1.